The van der Waals surface area contributed by atoms with Crippen molar-refractivity contribution in [3.05, 3.63) is 69.7 Å². The molecule has 0 aliphatic carbocycles. The van der Waals surface area contributed by atoms with Gasteiger partial charge in [-0.2, -0.15) is 0 Å². The third kappa shape index (κ3) is 6.36. The summed E-state index contributed by atoms with van der Waals surface area (Å²) in [5, 5.41) is 5.65. The number of fused-ring (bicyclic) bond motifs is 1. The molecule has 5 nitrogen and oxygen atoms in total. The number of carbonyl (C=O) groups is 2. The molecule has 1 aromatic heterocycles. The Hall–Kier alpha value is -2.28. The second kappa shape index (κ2) is 10.7. The molecule has 30 heavy (non-hydrogen) atoms. The van der Waals surface area contributed by atoms with Crippen molar-refractivity contribution >= 4 is 57.7 Å². The van der Waals surface area contributed by atoms with E-state index >= 15 is 0 Å². The maximum absolute atomic E-state index is 12.0. The molecule has 3 rings (SSSR count). The lowest BCUT2D eigenvalue weighted by atomic mass is 10.1. The average Bonchev–Trinajstić information content (AvgIpc) is 2.72. The van der Waals surface area contributed by atoms with E-state index in [1.807, 2.05) is 43.3 Å². The van der Waals surface area contributed by atoms with Gasteiger partial charge in [-0.3, -0.25) is 9.59 Å². The normalized spacial score (nSPS) is 10.8. The van der Waals surface area contributed by atoms with E-state index in [0.717, 1.165) is 27.1 Å². The van der Waals surface area contributed by atoms with E-state index < -0.39 is 5.97 Å². The van der Waals surface area contributed by atoms with E-state index in [4.69, 9.17) is 27.9 Å². The Kier molecular flexibility index (Phi) is 7.96. The maximum atomic E-state index is 12.0. The number of para-hydroxylation sites is 1. The Morgan fingerprint density at radius 3 is 2.73 bits per heavy atom. The predicted octanol–water partition coefficient (Wildman–Crippen LogP) is 4.84. The highest BCUT2D eigenvalue weighted by Gasteiger charge is 2.10. The molecule has 1 N–H and O–H groups in total. The van der Waals surface area contributed by atoms with Gasteiger partial charge in [0.1, 0.15) is 0 Å². The summed E-state index contributed by atoms with van der Waals surface area (Å²) in [7, 11) is 0. The quantitative estimate of drug-likeness (QED) is 0.382. The Balaban J connectivity index is 1.39. The van der Waals surface area contributed by atoms with Gasteiger partial charge in [0.2, 0.25) is 0 Å². The second-order valence-electron chi connectivity index (χ2n) is 6.58. The van der Waals surface area contributed by atoms with E-state index in [-0.39, 0.29) is 18.3 Å². The van der Waals surface area contributed by atoms with Crippen molar-refractivity contribution in [1.82, 2.24) is 10.3 Å². The lowest BCUT2D eigenvalue weighted by molar-refractivity contribution is -0.145. The van der Waals surface area contributed by atoms with Crippen molar-refractivity contribution in [1.29, 1.82) is 0 Å². The third-order valence-corrected chi connectivity index (χ3v) is 5.81. The number of nitrogens with zero attached hydrogens (tertiary/aromatic N) is 1. The summed E-state index contributed by atoms with van der Waals surface area (Å²) in [5.41, 5.74) is 2.86. The van der Waals surface area contributed by atoms with E-state index in [9.17, 15) is 9.59 Å². The number of amides is 1. The van der Waals surface area contributed by atoms with Crippen LogP contribution in [-0.2, 0) is 20.7 Å². The summed E-state index contributed by atoms with van der Waals surface area (Å²) in [6.07, 6.45) is 0.554. The summed E-state index contributed by atoms with van der Waals surface area (Å²) < 4.78 is 5.04. The topological polar surface area (TPSA) is 68.3 Å². The van der Waals surface area contributed by atoms with Gasteiger partial charge in [0.25, 0.3) is 5.91 Å². The number of thioether (sulfide) groups is 1. The number of hydrogen-bond acceptors (Lipinski definition) is 5. The van der Waals surface area contributed by atoms with Crippen molar-refractivity contribution in [3.8, 4) is 0 Å². The lowest BCUT2D eigenvalue weighted by Gasteiger charge is -2.08. The first-order chi connectivity index (χ1) is 14.4. The fourth-order valence-corrected chi connectivity index (χ4v) is 4.10. The number of ether oxygens (including phenoxy) is 1. The minimum atomic E-state index is -0.469. The smallest absolute Gasteiger partial charge is 0.316 e. The largest absolute Gasteiger partial charge is 0.455 e. The number of aromatic nitrogens is 1. The van der Waals surface area contributed by atoms with Crippen molar-refractivity contribution in [3.63, 3.8) is 0 Å². The molecule has 3 aromatic rings. The number of hydrogen-bond donors (Lipinski definition) is 1. The first-order valence-corrected chi connectivity index (χ1v) is 11.0. The van der Waals surface area contributed by atoms with Crippen LogP contribution in [0.1, 0.15) is 11.1 Å². The zero-order valence-electron chi connectivity index (χ0n) is 16.3. The summed E-state index contributed by atoms with van der Waals surface area (Å²) in [6, 6.07) is 15.0. The Morgan fingerprint density at radius 1 is 1.13 bits per heavy atom. The second-order valence-corrected chi connectivity index (χ2v) is 8.42. The Morgan fingerprint density at radius 2 is 1.93 bits per heavy atom. The van der Waals surface area contributed by atoms with Crippen LogP contribution >= 0.6 is 35.0 Å². The van der Waals surface area contributed by atoms with Gasteiger partial charge in [0, 0.05) is 22.0 Å². The van der Waals surface area contributed by atoms with Crippen LogP contribution in [0.25, 0.3) is 10.9 Å². The lowest BCUT2D eigenvalue weighted by Crippen LogP contribution is -2.30. The number of halogens is 2. The SMILES string of the molecule is Cc1cc(SCC(=O)OCC(=O)NCCc2ccc(Cl)cc2Cl)nc2ccccc12. The summed E-state index contributed by atoms with van der Waals surface area (Å²) in [5.74, 6) is -0.750. The molecule has 0 spiro atoms. The number of esters is 1. The predicted molar refractivity (Wildman–Crippen MR) is 121 cm³/mol. The van der Waals surface area contributed by atoms with Crippen molar-refractivity contribution < 1.29 is 14.3 Å². The fraction of sp³-hybridized carbons (Fsp3) is 0.227. The molecule has 0 saturated heterocycles. The molecule has 0 atom stereocenters. The first kappa shape index (κ1) is 22.4. The fourth-order valence-electron chi connectivity index (χ4n) is 2.83. The highest BCUT2D eigenvalue weighted by atomic mass is 35.5. The van der Waals surface area contributed by atoms with Gasteiger partial charge in [0.15, 0.2) is 6.61 Å². The van der Waals surface area contributed by atoms with Crippen LogP contribution < -0.4 is 5.32 Å². The molecule has 0 aliphatic heterocycles. The highest BCUT2D eigenvalue weighted by Crippen LogP contribution is 2.23. The molecule has 0 bridgehead atoms. The van der Waals surface area contributed by atoms with E-state index in [2.05, 4.69) is 10.3 Å². The van der Waals surface area contributed by atoms with Crippen molar-refractivity contribution in [2.75, 3.05) is 18.9 Å². The molecule has 0 radical (unpaired) electrons. The molecule has 0 saturated carbocycles. The summed E-state index contributed by atoms with van der Waals surface area (Å²) >= 11 is 13.2. The third-order valence-electron chi connectivity index (χ3n) is 4.33. The van der Waals surface area contributed by atoms with E-state index in [1.165, 1.54) is 11.8 Å². The minimum Gasteiger partial charge on any atom is -0.455 e. The van der Waals surface area contributed by atoms with Crippen LogP contribution in [0.15, 0.2) is 53.6 Å². The van der Waals surface area contributed by atoms with Crippen molar-refractivity contribution in [2.24, 2.45) is 0 Å². The number of aryl methyl sites for hydroxylation is 1. The maximum Gasteiger partial charge on any atom is 0.316 e. The Labute approximate surface area is 189 Å². The average molecular weight is 463 g/mol. The zero-order chi connectivity index (χ0) is 21.5. The minimum absolute atomic E-state index is 0.0818. The van der Waals surface area contributed by atoms with Gasteiger partial charge in [-0.15, -0.1) is 0 Å². The molecule has 0 unspecified atom stereocenters. The van der Waals surface area contributed by atoms with Gasteiger partial charge in [-0.05, 0) is 48.7 Å². The number of benzene rings is 2. The first-order valence-electron chi connectivity index (χ1n) is 9.28. The van der Waals surface area contributed by atoms with Crippen molar-refractivity contribution in [2.45, 2.75) is 18.4 Å². The molecule has 8 heteroatoms. The molecule has 0 fully saturated rings. The number of nitrogens with one attached hydrogen (secondary N) is 1. The Bertz CT molecular complexity index is 1080. The van der Waals surface area contributed by atoms with Crippen LogP contribution in [0, 0.1) is 6.92 Å². The van der Waals surface area contributed by atoms with Crippen LogP contribution in [-0.4, -0.2) is 35.8 Å². The van der Waals surface area contributed by atoms with E-state index in [1.54, 1.807) is 12.1 Å². The molecular weight excluding hydrogens is 443 g/mol. The highest BCUT2D eigenvalue weighted by molar-refractivity contribution is 7.99. The monoisotopic (exact) mass is 462 g/mol. The molecule has 1 amide bonds. The molecular formula is C22H20Cl2N2O3S. The van der Waals surface area contributed by atoms with Gasteiger partial charge in [-0.1, -0.05) is 59.2 Å². The van der Waals surface area contributed by atoms with E-state index in [0.29, 0.717) is 23.0 Å². The number of carbonyl (C=O) groups excluding carboxylic acids is 2. The molecule has 156 valence electrons. The van der Waals surface area contributed by atoms with Crippen LogP contribution in [0.4, 0.5) is 0 Å². The summed E-state index contributed by atoms with van der Waals surface area (Å²) in [4.78, 5) is 28.4. The van der Waals surface area contributed by atoms with Crippen LogP contribution in [0.2, 0.25) is 10.0 Å². The van der Waals surface area contributed by atoms with Gasteiger partial charge >= 0.3 is 5.97 Å². The number of rotatable bonds is 8. The zero-order valence-corrected chi connectivity index (χ0v) is 18.6. The molecule has 2 aromatic carbocycles. The summed E-state index contributed by atoms with van der Waals surface area (Å²) in [6.45, 7) is 2.07. The van der Waals surface area contributed by atoms with Crippen LogP contribution in [0.5, 0.6) is 0 Å². The van der Waals surface area contributed by atoms with Gasteiger partial charge < -0.3 is 10.1 Å². The molecule has 0 aliphatic rings. The number of pyridine rings is 1. The van der Waals surface area contributed by atoms with Gasteiger partial charge in [0.05, 0.1) is 16.3 Å². The molecule has 1 heterocycles. The van der Waals surface area contributed by atoms with Crippen LogP contribution in [0.3, 0.4) is 0 Å². The van der Waals surface area contributed by atoms with Gasteiger partial charge in [-0.25, -0.2) is 4.98 Å². The standard InChI is InChI=1S/C22H20Cl2N2O3S/c1-14-10-21(26-19-5-3-2-4-17(14)19)30-13-22(28)29-12-20(27)25-9-8-15-6-7-16(23)11-18(15)24/h2-7,10-11H,8-9,12-13H2,1H3,(H,25,27).